The third-order valence-corrected chi connectivity index (χ3v) is 3.17. The molecule has 1 fully saturated rings. The van der Waals surface area contributed by atoms with Crippen LogP contribution in [-0.4, -0.2) is 48.2 Å². The molecule has 1 heterocycles. The predicted octanol–water partition coefficient (Wildman–Crippen LogP) is 1.17. The molecule has 94 valence electrons. The molecule has 0 saturated carbocycles. The van der Waals surface area contributed by atoms with Gasteiger partial charge in [-0.15, -0.1) is 0 Å². The standard InChI is InChI=1S/C12H24N2O2/c1-10(12(15)16)8-13-11(2)9-14-6-4-3-5-7-14/h10-11,13H,3-9H2,1-2H3,(H,15,16). The quantitative estimate of drug-likeness (QED) is 0.716. The highest BCUT2D eigenvalue weighted by atomic mass is 16.4. The van der Waals surface area contributed by atoms with Crippen LogP contribution in [0.1, 0.15) is 33.1 Å². The third kappa shape index (κ3) is 4.94. The minimum absolute atomic E-state index is 0.302. The van der Waals surface area contributed by atoms with E-state index in [4.69, 9.17) is 5.11 Å². The van der Waals surface area contributed by atoms with Gasteiger partial charge in [-0.05, 0) is 32.9 Å². The number of piperidine rings is 1. The number of rotatable bonds is 6. The monoisotopic (exact) mass is 228 g/mol. The van der Waals surface area contributed by atoms with Crippen LogP contribution in [0.25, 0.3) is 0 Å². The highest BCUT2D eigenvalue weighted by molar-refractivity contribution is 5.69. The van der Waals surface area contributed by atoms with Crippen LogP contribution in [0.4, 0.5) is 0 Å². The van der Waals surface area contributed by atoms with Crippen molar-refractivity contribution in [1.82, 2.24) is 10.2 Å². The molecule has 0 amide bonds. The van der Waals surface area contributed by atoms with Gasteiger partial charge in [0, 0.05) is 19.1 Å². The molecule has 4 nitrogen and oxygen atoms in total. The Morgan fingerprint density at radius 2 is 1.94 bits per heavy atom. The van der Waals surface area contributed by atoms with E-state index in [1.54, 1.807) is 6.92 Å². The summed E-state index contributed by atoms with van der Waals surface area (Å²) in [6, 6.07) is 0.375. The van der Waals surface area contributed by atoms with E-state index in [2.05, 4.69) is 17.1 Å². The van der Waals surface area contributed by atoms with Crippen molar-refractivity contribution < 1.29 is 9.90 Å². The van der Waals surface area contributed by atoms with Crippen LogP contribution in [0.3, 0.4) is 0 Å². The number of hydrogen-bond acceptors (Lipinski definition) is 3. The number of hydrogen-bond donors (Lipinski definition) is 2. The van der Waals surface area contributed by atoms with Crippen LogP contribution in [-0.2, 0) is 4.79 Å². The van der Waals surface area contributed by atoms with Gasteiger partial charge in [0.25, 0.3) is 0 Å². The zero-order chi connectivity index (χ0) is 12.0. The summed E-state index contributed by atoms with van der Waals surface area (Å²) in [5.74, 6) is -1.03. The number of aliphatic carboxylic acids is 1. The first kappa shape index (κ1) is 13.5. The Bertz CT molecular complexity index is 215. The molecule has 2 atom stereocenters. The van der Waals surface area contributed by atoms with Crippen LogP contribution in [0.15, 0.2) is 0 Å². The van der Waals surface area contributed by atoms with Crippen molar-refractivity contribution in [3.8, 4) is 0 Å². The summed E-state index contributed by atoms with van der Waals surface area (Å²) in [7, 11) is 0. The molecule has 2 N–H and O–H groups in total. The Kier molecular flexibility index (Phi) is 5.77. The van der Waals surface area contributed by atoms with Gasteiger partial charge in [-0.3, -0.25) is 4.79 Å². The highest BCUT2D eigenvalue weighted by Crippen LogP contribution is 2.08. The Morgan fingerprint density at radius 1 is 1.31 bits per heavy atom. The normalized spacial score (nSPS) is 21.6. The van der Waals surface area contributed by atoms with Gasteiger partial charge in [-0.1, -0.05) is 13.3 Å². The number of carboxylic acids is 1. The zero-order valence-electron chi connectivity index (χ0n) is 10.4. The van der Waals surface area contributed by atoms with Crippen molar-refractivity contribution in [2.24, 2.45) is 5.92 Å². The van der Waals surface area contributed by atoms with Gasteiger partial charge < -0.3 is 15.3 Å². The summed E-state index contributed by atoms with van der Waals surface area (Å²) in [5, 5.41) is 12.1. The van der Waals surface area contributed by atoms with Crippen molar-refractivity contribution >= 4 is 5.97 Å². The molecule has 1 saturated heterocycles. The Labute approximate surface area is 98.0 Å². The lowest BCUT2D eigenvalue weighted by molar-refractivity contribution is -0.140. The van der Waals surface area contributed by atoms with Crippen LogP contribution in [0.2, 0.25) is 0 Å². The number of carboxylic acid groups (broad SMARTS) is 1. The number of likely N-dealkylation sites (tertiary alicyclic amines) is 1. The summed E-state index contributed by atoms with van der Waals surface area (Å²) in [6.07, 6.45) is 3.96. The van der Waals surface area contributed by atoms with Crippen LogP contribution >= 0.6 is 0 Å². The molecule has 0 spiro atoms. The summed E-state index contributed by atoms with van der Waals surface area (Å²) in [6.45, 7) is 7.85. The maximum Gasteiger partial charge on any atom is 0.307 e. The lowest BCUT2D eigenvalue weighted by Gasteiger charge is -2.29. The minimum atomic E-state index is -0.724. The van der Waals surface area contributed by atoms with E-state index in [1.165, 1.54) is 32.4 Å². The van der Waals surface area contributed by atoms with E-state index in [9.17, 15) is 4.79 Å². The van der Waals surface area contributed by atoms with Crippen LogP contribution < -0.4 is 5.32 Å². The smallest absolute Gasteiger partial charge is 0.307 e. The molecule has 0 radical (unpaired) electrons. The Hall–Kier alpha value is -0.610. The van der Waals surface area contributed by atoms with Gasteiger partial charge in [0.15, 0.2) is 0 Å². The van der Waals surface area contributed by atoms with E-state index in [0.29, 0.717) is 12.6 Å². The fraction of sp³-hybridized carbons (Fsp3) is 0.917. The molecule has 16 heavy (non-hydrogen) atoms. The maximum atomic E-state index is 10.7. The molecule has 1 rings (SSSR count). The lowest BCUT2D eigenvalue weighted by Crippen LogP contribution is -2.43. The topological polar surface area (TPSA) is 52.6 Å². The molecule has 0 aliphatic carbocycles. The van der Waals surface area contributed by atoms with Gasteiger partial charge in [-0.2, -0.15) is 0 Å². The predicted molar refractivity (Wildman–Crippen MR) is 64.6 cm³/mol. The zero-order valence-corrected chi connectivity index (χ0v) is 10.4. The average molecular weight is 228 g/mol. The lowest BCUT2D eigenvalue weighted by atomic mass is 10.1. The minimum Gasteiger partial charge on any atom is -0.481 e. The summed E-state index contributed by atoms with van der Waals surface area (Å²) < 4.78 is 0. The van der Waals surface area contributed by atoms with Gasteiger partial charge >= 0.3 is 5.97 Å². The van der Waals surface area contributed by atoms with Crippen LogP contribution in [0, 0.1) is 5.92 Å². The molecule has 4 heteroatoms. The molecule has 0 aromatic rings. The van der Waals surface area contributed by atoms with E-state index in [1.807, 2.05) is 0 Å². The number of nitrogens with one attached hydrogen (secondary N) is 1. The second kappa shape index (κ2) is 6.86. The molecule has 1 aliphatic rings. The van der Waals surface area contributed by atoms with Crippen molar-refractivity contribution in [1.29, 1.82) is 0 Å². The summed E-state index contributed by atoms with van der Waals surface area (Å²) >= 11 is 0. The largest absolute Gasteiger partial charge is 0.481 e. The van der Waals surface area contributed by atoms with E-state index >= 15 is 0 Å². The van der Waals surface area contributed by atoms with Crippen molar-refractivity contribution in [3.63, 3.8) is 0 Å². The highest BCUT2D eigenvalue weighted by Gasteiger charge is 2.15. The fourth-order valence-corrected chi connectivity index (χ4v) is 2.06. The van der Waals surface area contributed by atoms with E-state index in [0.717, 1.165) is 6.54 Å². The van der Waals surface area contributed by atoms with Crippen molar-refractivity contribution in [3.05, 3.63) is 0 Å². The molecule has 0 aromatic heterocycles. The van der Waals surface area contributed by atoms with Crippen LogP contribution in [0.5, 0.6) is 0 Å². The second-order valence-corrected chi connectivity index (χ2v) is 4.91. The van der Waals surface area contributed by atoms with Gasteiger partial charge in [-0.25, -0.2) is 0 Å². The first-order valence-corrected chi connectivity index (χ1v) is 6.28. The van der Waals surface area contributed by atoms with Crippen molar-refractivity contribution in [2.75, 3.05) is 26.2 Å². The van der Waals surface area contributed by atoms with Crippen molar-refractivity contribution in [2.45, 2.75) is 39.2 Å². The maximum absolute atomic E-state index is 10.7. The molecule has 0 bridgehead atoms. The van der Waals surface area contributed by atoms with Gasteiger partial charge in [0.2, 0.25) is 0 Å². The Balaban J connectivity index is 2.14. The van der Waals surface area contributed by atoms with Gasteiger partial charge in [0.1, 0.15) is 0 Å². The third-order valence-electron chi connectivity index (χ3n) is 3.17. The molecular formula is C12H24N2O2. The molecule has 2 unspecified atom stereocenters. The number of carbonyl (C=O) groups is 1. The summed E-state index contributed by atoms with van der Waals surface area (Å²) in [5.41, 5.74) is 0. The first-order chi connectivity index (χ1) is 7.59. The summed E-state index contributed by atoms with van der Waals surface area (Å²) in [4.78, 5) is 13.1. The SMILES string of the molecule is CC(CN1CCCCC1)NCC(C)C(=O)O. The molecule has 1 aliphatic heterocycles. The molecule has 0 aromatic carbocycles. The fourth-order valence-electron chi connectivity index (χ4n) is 2.06. The Morgan fingerprint density at radius 3 is 2.50 bits per heavy atom. The first-order valence-electron chi connectivity index (χ1n) is 6.28. The average Bonchev–Trinajstić information content (AvgIpc) is 2.27. The van der Waals surface area contributed by atoms with E-state index in [-0.39, 0.29) is 5.92 Å². The number of nitrogens with zero attached hydrogens (tertiary/aromatic N) is 1. The van der Waals surface area contributed by atoms with Gasteiger partial charge in [0.05, 0.1) is 5.92 Å². The van der Waals surface area contributed by atoms with E-state index < -0.39 is 5.97 Å². The molecular weight excluding hydrogens is 204 g/mol. The second-order valence-electron chi connectivity index (χ2n) is 4.91.